The molecule has 1 atom stereocenters. The standard InChI is InChI=1S/C14H11BrFNO2/c15-14-13(2-1-5-17-14)18-8-11-7-9-6-10(16)3-4-12(9)19-11/h1-6,11H,7-8H2. The molecule has 1 aliphatic heterocycles. The molecule has 5 heteroatoms. The van der Waals surface area contributed by atoms with Gasteiger partial charge in [0.25, 0.3) is 0 Å². The predicted octanol–water partition coefficient (Wildman–Crippen LogP) is 3.37. The minimum absolute atomic E-state index is 0.0936. The second-order valence-electron chi connectivity index (χ2n) is 4.30. The Balaban J connectivity index is 1.63. The Kier molecular flexibility index (Phi) is 3.38. The van der Waals surface area contributed by atoms with E-state index in [1.165, 1.54) is 12.1 Å². The smallest absolute Gasteiger partial charge is 0.152 e. The Bertz CT molecular complexity index is 606. The van der Waals surface area contributed by atoms with Crippen molar-refractivity contribution in [2.24, 2.45) is 0 Å². The van der Waals surface area contributed by atoms with Gasteiger partial charge in [-0.2, -0.15) is 0 Å². The molecule has 1 aromatic heterocycles. The van der Waals surface area contributed by atoms with Crippen LogP contribution in [0.3, 0.4) is 0 Å². The third-order valence-corrected chi connectivity index (χ3v) is 3.51. The summed E-state index contributed by atoms with van der Waals surface area (Å²) in [4.78, 5) is 4.08. The van der Waals surface area contributed by atoms with E-state index >= 15 is 0 Å². The number of fused-ring (bicyclic) bond motifs is 1. The quantitative estimate of drug-likeness (QED) is 0.811. The van der Waals surface area contributed by atoms with Crippen LogP contribution in [0.15, 0.2) is 41.1 Å². The van der Waals surface area contributed by atoms with Crippen LogP contribution in [0.1, 0.15) is 5.56 Å². The van der Waals surface area contributed by atoms with Gasteiger partial charge in [-0.25, -0.2) is 9.37 Å². The number of nitrogens with zero attached hydrogens (tertiary/aromatic N) is 1. The van der Waals surface area contributed by atoms with Crippen LogP contribution in [0.5, 0.6) is 11.5 Å². The lowest BCUT2D eigenvalue weighted by atomic mass is 10.1. The van der Waals surface area contributed by atoms with E-state index in [0.717, 1.165) is 11.3 Å². The van der Waals surface area contributed by atoms with Crippen molar-refractivity contribution in [3.05, 3.63) is 52.5 Å². The van der Waals surface area contributed by atoms with Crippen molar-refractivity contribution in [1.82, 2.24) is 4.98 Å². The van der Waals surface area contributed by atoms with Crippen LogP contribution in [0.25, 0.3) is 0 Å². The summed E-state index contributed by atoms with van der Waals surface area (Å²) in [7, 11) is 0. The van der Waals surface area contributed by atoms with Crippen LogP contribution in [0, 0.1) is 5.82 Å². The minimum Gasteiger partial charge on any atom is -0.487 e. The Morgan fingerprint density at radius 2 is 2.32 bits per heavy atom. The SMILES string of the molecule is Fc1ccc2c(c1)CC(COc1cccnc1Br)O2. The molecule has 0 radical (unpaired) electrons. The molecule has 0 amide bonds. The monoisotopic (exact) mass is 323 g/mol. The van der Waals surface area contributed by atoms with E-state index in [9.17, 15) is 4.39 Å². The maximum atomic E-state index is 13.1. The Labute approximate surface area is 118 Å². The zero-order valence-electron chi connectivity index (χ0n) is 9.98. The molecule has 98 valence electrons. The van der Waals surface area contributed by atoms with E-state index in [1.54, 1.807) is 18.3 Å². The number of pyridine rings is 1. The highest BCUT2D eigenvalue weighted by Gasteiger charge is 2.24. The molecule has 1 aromatic carbocycles. The number of benzene rings is 1. The molecule has 0 saturated heterocycles. The molecule has 3 nitrogen and oxygen atoms in total. The number of ether oxygens (including phenoxy) is 2. The molecule has 0 fully saturated rings. The van der Waals surface area contributed by atoms with Crippen molar-refractivity contribution in [2.75, 3.05) is 6.61 Å². The molecule has 0 bridgehead atoms. The fourth-order valence-corrected chi connectivity index (χ4v) is 2.41. The maximum Gasteiger partial charge on any atom is 0.152 e. The van der Waals surface area contributed by atoms with Crippen molar-refractivity contribution < 1.29 is 13.9 Å². The number of rotatable bonds is 3. The summed E-state index contributed by atoms with van der Waals surface area (Å²) in [5.74, 6) is 1.17. The largest absolute Gasteiger partial charge is 0.487 e. The molecule has 1 unspecified atom stereocenters. The van der Waals surface area contributed by atoms with Crippen LogP contribution in [0.4, 0.5) is 4.39 Å². The Morgan fingerprint density at radius 3 is 3.16 bits per heavy atom. The first kappa shape index (κ1) is 12.4. The van der Waals surface area contributed by atoms with Crippen LogP contribution in [-0.2, 0) is 6.42 Å². The average Bonchev–Trinajstić information content (AvgIpc) is 2.79. The van der Waals surface area contributed by atoms with E-state index in [4.69, 9.17) is 9.47 Å². The number of aromatic nitrogens is 1. The highest BCUT2D eigenvalue weighted by Crippen LogP contribution is 2.30. The van der Waals surface area contributed by atoms with Gasteiger partial charge in [0.1, 0.15) is 28.9 Å². The fourth-order valence-electron chi connectivity index (χ4n) is 2.04. The van der Waals surface area contributed by atoms with Crippen molar-refractivity contribution >= 4 is 15.9 Å². The van der Waals surface area contributed by atoms with Crippen LogP contribution >= 0.6 is 15.9 Å². The molecule has 0 aliphatic carbocycles. The fraction of sp³-hybridized carbons (Fsp3) is 0.214. The van der Waals surface area contributed by atoms with Gasteiger partial charge >= 0.3 is 0 Å². The van der Waals surface area contributed by atoms with Crippen molar-refractivity contribution in [3.8, 4) is 11.5 Å². The summed E-state index contributed by atoms with van der Waals surface area (Å²) in [6.07, 6.45) is 2.25. The van der Waals surface area contributed by atoms with Gasteiger partial charge in [-0.3, -0.25) is 0 Å². The third-order valence-electron chi connectivity index (χ3n) is 2.91. The van der Waals surface area contributed by atoms with Gasteiger partial charge in [-0.15, -0.1) is 0 Å². The summed E-state index contributed by atoms with van der Waals surface area (Å²) < 4.78 is 25.1. The topological polar surface area (TPSA) is 31.4 Å². The molecule has 1 aliphatic rings. The van der Waals surface area contributed by atoms with Gasteiger partial charge in [0.2, 0.25) is 0 Å². The molecule has 19 heavy (non-hydrogen) atoms. The summed E-state index contributed by atoms with van der Waals surface area (Å²) in [6.45, 7) is 0.403. The minimum atomic E-state index is -0.237. The second kappa shape index (κ2) is 5.17. The van der Waals surface area contributed by atoms with Gasteiger partial charge in [0, 0.05) is 18.2 Å². The second-order valence-corrected chi connectivity index (χ2v) is 5.05. The van der Waals surface area contributed by atoms with E-state index in [1.807, 2.05) is 6.07 Å². The van der Waals surface area contributed by atoms with Crippen molar-refractivity contribution in [3.63, 3.8) is 0 Å². The van der Waals surface area contributed by atoms with E-state index in [-0.39, 0.29) is 11.9 Å². The molecule has 2 heterocycles. The lowest BCUT2D eigenvalue weighted by molar-refractivity contribution is 0.147. The summed E-state index contributed by atoms with van der Waals surface area (Å²) in [5, 5.41) is 0. The van der Waals surface area contributed by atoms with Gasteiger partial charge in [0.05, 0.1) is 0 Å². The number of hydrogen-bond acceptors (Lipinski definition) is 3. The van der Waals surface area contributed by atoms with Gasteiger partial charge in [-0.1, -0.05) is 0 Å². The van der Waals surface area contributed by atoms with Gasteiger partial charge in [-0.05, 0) is 46.3 Å². The molecule has 0 spiro atoms. The number of hydrogen-bond donors (Lipinski definition) is 0. The van der Waals surface area contributed by atoms with E-state index < -0.39 is 0 Å². The normalized spacial score (nSPS) is 16.8. The number of halogens is 2. The van der Waals surface area contributed by atoms with Crippen molar-refractivity contribution in [1.29, 1.82) is 0 Å². The first-order valence-electron chi connectivity index (χ1n) is 5.91. The van der Waals surface area contributed by atoms with Crippen LogP contribution in [-0.4, -0.2) is 17.7 Å². The Morgan fingerprint density at radius 1 is 1.42 bits per heavy atom. The van der Waals surface area contributed by atoms with Crippen LogP contribution < -0.4 is 9.47 Å². The summed E-state index contributed by atoms with van der Waals surface area (Å²) >= 11 is 3.32. The Hall–Kier alpha value is -1.62. The zero-order chi connectivity index (χ0) is 13.2. The summed E-state index contributed by atoms with van der Waals surface area (Å²) in [5.41, 5.74) is 0.888. The summed E-state index contributed by atoms with van der Waals surface area (Å²) in [6, 6.07) is 8.21. The predicted molar refractivity (Wildman–Crippen MR) is 72.0 cm³/mol. The van der Waals surface area contributed by atoms with E-state index in [2.05, 4.69) is 20.9 Å². The highest BCUT2D eigenvalue weighted by atomic mass is 79.9. The highest BCUT2D eigenvalue weighted by molar-refractivity contribution is 9.10. The average molecular weight is 324 g/mol. The lowest BCUT2D eigenvalue weighted by Crippen LogP contribution is -2.22. The molecule has 0 N–H and O–H groups in total. The lowest BCUT2D eigenvalue weighted by Gasteiger charge is -2.12. The maximum absolute atomic E-state index is 13.1. The molecule has 3 rings (SSSR count). The first-order valence-corrected chi connectivity index (χ1v) is 6.70. The van der Waals surface area contributed by atoms with E-state index in [0.29, 0.717) is 23.4 Å². The molecular formula is C14H11BrFNO2. The van der Waals surface area contributed by atoms with Crippen molar-refractivity contribution in [2.45, 2.75) is 12.5 Å². The molecule has 0 saturated carbocycles. The molecular weight excluding hydrogens is 313 g/mol. The third kappa shape index (κ3) is 2.71. The zero-order valence-corrected chi connectivity index (χ0v) is 11.6. The van der Waals surface area contributed by atoms with Gasteiger partial charge < -0.3 is 9.47 Å². The van der Waals surface area contributed by atoms with Gasteiger partial charge in [0.15, 0.2) is 5.75 Å². The first-order chi connectivity index (χ1) is 9.22. The molecule has 2 aromatic rings. The van der Waals surface area contributed by atoms with Crippen LogP contribution in [0.2, 0.25) is 0 Å².